The number of ketones is 1. The molecule has 0 aliphatic carbocycles. The number of ether oxygens (including phenoxy) is 1. The fraction of sp³-hybridized carbons (Fsp3) is 0.188. The van der Waals surface area contributed by atoms with Crippen molar-refractivity contribution >= 4 is 17.2 Å². The fourth-order valence-corrected chi connectivity index (χ4v) is 2.33. The number of nitro groups is 1. The SMILES string of the molecule is CNc1c(O)cc(C)cc1C(=O)c1ccc([N+](=O)[O-])c(OC)c1. The minimum absolute atomic E-state index is 0.00346. The molecule has 7 heteroatoms. The van der Waals surface area contributed by atoms with E-state index >= 15 is 0 Å². The van der Waals surface area contributed by atoms with Crippen LogP contribution in [0.2, 0.25) is 0 Å². The Hall–Kier alpha value is -3.09. The van der Waals surface area contributed by atoms with Crippen molar-refractivity contribution in [3.63, 3.8) is 0 Å². The van der Waals surface area contributed by atoms with E-state index in [2.05, 4.69) is 5.32 Å². The molecule has 0 atom stereocenters. The lowest BCUT2D eigenvalue weighted by molar-refractivity contribution is -0.385. The van der Waals surface area contributed by atoms with Crippen molar-refractivity contribution in [1.82, 2.24) is 0 Å². The van der Waals surface area contributed by atoms with E-state index in [0.717, 1.165) is 5.56 Å². The number of phenols is 1. The first kappa shape index (κ1) is 16.3. The summed E-state index contributed by atoms with van der Waals surface area (Å²) >= 11 is 0. The zero-order valence-corrected chi connectivity index (χ0v) is 12.9. The Kier molecular flexibility index (Phi) is 4.49. The number of nitro benzene ring substituents is 1. The first-order valence-corrected chi connectivity index (χ1v) is 6.77. The maximum absolute atomic E-state index is 12.7. The van der Waals surface area contributed by atoms with E-state index in [1.165, 1.54) is 25.3 Å². The third-order valence-corrected chi connectivity index (χ3v) is 3.40. The Balaban J connectivity index is 2.56. The molecule has 2 aromatic rings. The van der Waals surface area contributed by atoms with Crippen molar-refractivity contribution in [3.05, 3.63) is 57.1 Å². The van der Waals surface area contributed by atoms with Crippen LogP contribution in [0, 0.1) is 17.0 Å². The highest BCUT2D eigenvalue weighted by Crippen LogP contribution is 2.33. The third-order valence-electron chi connectivity index (χ3n) is 3.40. The molecule has 120 valence electrons. The molecule has 0 unspecified atom stereocenters. The predicted octanol–water partition coefficient (Wildman–Crippen LogP) is 2.89. The van der Waals surface area contributed by atoms with E-state index in [1.54, 1.807) is 26.1 Å². The number of hydrogen-bond donors (Lipinski definition) is 2. The number of carbonyl (C=O) groups is 1. The third kappa shape index (κ3) is 3.08. The molecule has 7 nitrogen and oxygen atoms in total. The molecule has 0 fully saturated rings. The number of aryl methyl sites for hydroxylation is 1. The van der Waals surface area contributed by atoms with Gasteiger partial charge in [0, 0.05) is 24.2 Å². The van der Waals surface area contributed by atoms with E-state index < -0.39 is 4.92 Å². The molecule has 0 aromatic heterocycles. The average Bonchev–Trinajstić information content (AvgIpc) is 2.52. The van der Waals surface area contributed by atoms with Crippen molar-refractivity contribution in [2.45, 2.75) is 6.92 Å². The van der Waals surface area contributed by atoms with E-state index in [9.17, 15) is 20.0 Å². The Bertz CT molecular complexity index is 786. The highest BCUT2D eigenvalue weighted by Gasteiger charge is 2.21. The lowest BCUT2D eigenvalue weighted by Crippen LogP contribution is -2.07. The molecular weight excluding hydrogens is 300 g/mol. The Morgan fingerprint density at radius 3 is 2.57 bits per heavy atom. The molecule has 0 radical (unpaired) electrons. The second kappa shape index (κ2) is 6.35. The van der Waals surface area contributed by atoms with Gasteiger partial charge in [0.1, 0.15) is 5.75 Å². The van der Waals surface area contributed by atoms with Crippen LogP contribution in [0.25, 0.3) is 0 Å². The van der Waals surface area contributed by atoms with Gasteiger partial charge in [-0.15, -0.1) is 0 Å². The normalized spacial score (nSPS) is 10.2. The molecule has 0 aliphatic rings. The molecule has 23 heavy (non-hydrogen) atoms. The van der Waals surface area contributed by atoms with Crippen molar-refractivity contribution in [2.24, 2.45) is 0 Å². The molecule has 0 heterocycles. The number of methoxy groups -OCH3 is 1. The number of nitrogens with zero attached hydrogens (tertiary/aromatic N) is 1. The van der Waals surface area contributed by atoms with Crippen molar-refractivity contribution < 1.29 is 19.6 Å². The van der Waals surface area contributed by atoms with E-state index in [4.69, 9.17) is 4.74 Å². The van der Waals surface area contributed by atoms with E-state index in [-0.39, 0.29) is 34.1 Å². The minimum atomic E-state index is -0.579. The van der Waals surface area contributed by atoms with Crippen molar-refractivity contribution in [1.29, 1.82) is 0 Å². The number of rotatable bonds is 5. The number of anilines is 1. The number of benzene rings is 2. The maximum atomic E-state index is 12.7. The molecular formula is C16H16N2O5. The summed E-state index contributed by atoms with van der Waals surface area (Å²) in [6, 6.07) is 7.09. The smallest absolute Gasteiger partial charge is 0.310 e. The van der Waals surface area contributed by atoms with Crippen LogP contribution in [0.5, 0.6) is 11.5 Å². The number of nitrogens with one attached hydrogen (secondary N) is 1. The van der Waals surface area contributed by atoms with Gasteiger partial charge in [-0.2, -0.15) is 0 Å². The monoisotopic (exact) mass is 316 g/mol. The maximum Gasteiger partial charge on any atom is 0.310 e. The van der Waals surface area contributed by atoms with E-state index in [1.807, 2.05) is 0 Å². The zero-order chi connectivity index (χ0) is 17.1. The molecule has 0 saturated carbocycles. The van der Waals surface area contributed by atoms with Gasteiger partial charge in [-0.3, -0.25) is 14.9 Å². The second-order valence-corrected chi connectivity index (χ2v) is 4.93. The molecule has 2 rings (SSSR count). The van der Waals surface area contributed by atoms with Gasteiger partial charge in [0.2, 0.25) is 0 Å². The quantitative estimate of drug-likeness (QED) is 0.380. The summed E-state index contributed by atoms with van der Waals surface area (Å²) in [5.74, 6) is -0.407. The van der Waals surface area contributed by atoms with E-state index in [0.29, 0.717) is 5.69 Å². The largest absolute Gasteiger partial charge is 0.506 e. The number of phenolic OH excluding ortho intramolecular Hbond substituents is 1. The van der Waals surface area contributed by atoms with Crippen LogP contribution in [-0.4, -0.2) is 30.0 Å². The van der Waals surface area contributed by atoms with Gasteiger partial charge >= 0.3 is 5.69 Å². The fourth-order valence-electron chi connectivity index (χ4n) is 2.33. The molecule has 2 aromatic carbocycles. The van der Waals surface area contributed by atoms with Gasteiger partial charge in [-0.1, -0.05) is 0 Å². The van der Waals surface area contributed by atoms with Crippen LogP contribution >= 0.6 is 0 Å². The van der Waals surface area contributed by atoms with Gasteiger partial charge in [-0.25, -0.2) is 0 Å². The van der Waals surface area contributed by atoms with Gasteiger partial charge < -0.3 is 15.2 Å². The molecule has 0 bridgehead atoms. The summed E-state index contributed by atoms with van der Waals surface area (Å²) in [6.45, 7) is 1.76. The van der Waals surface area contributed by atoms with Crippen LogP contribution in [0.4, 0.5) is 11.4 Å². The Morgan fingerprint density at radius 2 is 2.00 bits per heavy atom. The summed E-state index contributed by atoms with van der Waals surface area (Å²) < 4.78 is 4.98. The number of carbonyl (C=O) groups excluding carboxylic acids is 1. The lowest BCUT2D eigenvalue weighted by atomic mass is 9.98. The Morgan fingerprint density at radius 1 is 1.30 bits per heavy atom. The topological polar surface area (TPSA) is 102 Å². The average molecular weight is 316 g/mol. The van der Waals surface area contributed by atoms with Crippen molar-refractivity contribution in [2.75, 3.05) is 19.5 Å². The summed E-state index contributed by atoms with van der Waals surface area (Å²) in [5.41, 5.74) is 1.32. The minimum Gasteiger partial charge on any atom is -0.506 e. The summed E-state index contributed by atoms with van der Waals surface area (Å²) in [6.07, 6.45) is 0. The van der Waals surface area contributed by atoms with Gasteiger partial charge in [0.25, 0.3) is 0 Å². The Labute approximate surface area is 132 Å². The lowest BCUT2D eigenvalue weighted by Gasteiger charge is -2.12. The first-order chi connectivity index (χ1) is 10.9. The summed E-state index contributed by atoms with van der Waals surface area (Å²) in [4.78, 5) is 23.0. The highest BCUT2D eigenvalue weighted by molar-refractivity contribution is 6.13. The number of hydrogen-bond acceptors (Lipinski definition) is 6. The van der Waals surface area contributed by atoms with Crippen LogP contribution in [0.1, 0.15) is 21.5 Å². The predicted molar refractivity (Wildman–Crippen MR) is 85.5 cm³/mol. The van der Waals surface area contributed by atoms with Gasteiger partial charge in [0.15, 0.2) is 11.5 Å². The molecule has 0 amide bonds. The first-order valence-electron chi connectivity index (χ1n) is 6.77. The van der Waals surface area contributed by atoms with Crippen molar-refractivity contribution in [3.8, 4) is 11.5 Å². The van der Waals surface area contributed by atoms with Gasteiger partial charge in [0.05, 0.1) is 17.7 Å². The zero-order valence-electron chi connectivity index (χ0n) is 12.9. The van der Waals surface area contributed by atoms with Crippen LogP contribution in [0.15, 0.2) is 30.3 Å². The highest BCUT2D eigenvalue weighted by atomic mass is 16.6. The summed E-state index contributed by atoms with van der Waals surface area (Å²) in [7, 11) is 2.89. The summed E-state index contributed by atoms with van der Waals surface area (Å²) in [5, 5.41) is 23.7. The molecule has 0 spiro atoms. The van der Waals surface area contributed by atoms with Gasteiger partial charge in [-0.05, 0) is 36.8 Å². The molecule has 2 N–H and O–H groups in total. The molecule has 0 aliphatic heterocycles. The molecule has 0 saturated heterocycles. The second-order valence-electron chi connectivity index (χ2n) is 4.93. The van der Waals surface area contributed by atoms with Crippen LogP contribution < -0.4 is 10.1 Å². The number of aromatic hydroxyl groups is 1. The van der Waals surface area contributed by atoms with Crippen LogP contribution in [-0.2, 0) is 0 Å². The standard InChI is InChI=1S/C16H16N2O5/c1-9-6-11(15(17-2)13(19)7-9)16(20)10-4-5-12(18(21)22)14(8-10)23-3/h4-8,17,19H,1-3H3. The van der Waals surface area contributed by atoms with Crippen LogP contribution in [0.3, 0.4) is 0 Å².